The number of halogens is 4. The van der Waals surface area contributed by atoms with Gasteiger partial charge in [-0.1, -0.05) is 0 Å². The van der Waals surface area contributed by atoms with E-state index in [2.05, 4.69) is 31.2 Å². The summed E-state index contributed by atoms with van der Waals surface area (Å²) in [4.78, 5) is 46.7. The van der Waals surface area contributed by atoms with Gasteiger partial charge in [0.15, 0.2) is 11.6 Å². The van der Waals surface area contributed by atoms with Crippen LogP contribution in [0.25, 0.3) is 0 Å². The number of fused-ring (bicyclic) bond motifs is 2. The minimum atomic E-state index is -0.773. The summed E-state index contributed by atoms with van der Waals surface area (Å²) in [5.41, 5.74) is 6.69. The van der Waals surface area contributed by atoms with Gasteiger partial charge in [-0.25, -0.2) is 32.3 Å². The largest absolute Gasteiger partial charge is 0.481 e. The predicted molar refractivity (Wildman–Crippen MR) is 208 cm³/mol. The zero-order valence-corrected chi connectivity index (χ0v) is 32.2. The number of methoxy groups -OCH3 is 2. The van der Waals surface area contributed by atoms with Crippen LogP contribution in [0, 0.1) is 23.3 Å². The van der Waals surface area contributed by atoms with Gasteiger partial charge in [0.25, 0.3) is 0 Å². The first-order valence-corrected chi connectivity index (χ1v) is 18.9. The molecule has 6 heterocycles. The topological polar surface area (TPSA) is 173 Å². The quantitative estimate of drug-likeness (QED) is 0.156. The maximum absolute atomic E-state index is 14.2. The van der Waals surface area contributed by atoms with Crippen molar-refractivity contribution < 1.29 is 41.4 Å². The summed E-state index contributed by atoms with van der Waals surface area (Å²) in [6.45, 7) is 3.31. The van der Waals surface area contributed by atoms with E-state index in [-0.39, 0.29) is 52.1 Å². The predicted octanol–water partition coefficient (Wildman–Crippen LogP) is 5.75. The highest BCUT2D eigenvalue weighted by Gasteiger charge is 2.43. The average Bonchev–Trinajstić information content (AvgIpc) is 3.22. The first-order chi connectivity index (χ1) is 27.8. The number of aromatic nitrogens is 2. The molecule has 17 heteroatoms. The molecular formula is C41H46F4N8O5. The Hall–Kier alpha value is -5.81. The standard InChI is InChI=1S/C21H22F2N4O3.C13H14F2N2O.C7H10N2O/c1-30-18-8-13(2-5-24-18)12-25-20(29)27-6-3-21(4-7-27)11-17(28)15-9-14(22)10-16(23)19(15)26-21;14-8-5-9-11(18)7-13(1-3-16-4-2-13)17-12(9)10(15)6-8;1-10-7-4-6(5-8)2-3-9-7/h2,5,8-10,26H,3-4,6-7,11-12H2,1H3,(H,25,29);5-6,16-17H,1-4,7H2;2-4H,5,8H2,1H3. The maximum Gasteiger partial charge on any atom is 0.317 e. The number of Topliss-reactive ketones (excluding diaryl/α,β-unsaturated/α-hetero) is 2. The average molecular weight is 807 g/mol. The number of benzene rings is 2. The SMILES string of the molecule is COc1cc(CN)ccn1.COc1cc(CNC(=O)N2CCC3(CC2)CC(=O)c2cc(F)cc(F)c2N3)ccn1.O=C1CC2(CCNCC2)Nc2c(F)cc(F)cc21. The number of ketones is 2. The molecule has 2 aromatic carbocycles. The van der Waals surface area contributed by atoms with Crippen LogP contribution in [-0.2, 0) is 13.1 Å². The fourth-order valence-corrected chi connectivity index (χ4v) is 7.56. The van der Waals surface area contributed by atoms with Gasteiger partial charge in [0.1, 0.15) is 23.3 Å². The molecule has 0 atom stereocenters. The third-order valence-corrected chi connectivity index (χ3v) is 10.8. The lowest BCUT2D eigenvalue weighted by atomic mass is 9.78. The molecule has 4 aromatic rings. The normalized spacial score (nSPS) is 17.3. The lowest BCUT2D eigenvalue weighted by Crippen LogP contribution is -2.55. The van der Waals surface area contributed by atoms with Gasteiger partial charge in [0.2, 0.25) is 11.8 Å². The number of urea groups is 1. The van der Waals surface area contributed by atoms with E-state index in [0.29, 0.717) is 57.2 Å². The third-order valence-electron chi connectivity index (χ3n) is 10.8. The summed E-state index contributed by atoms with van der Waals surface area (Å²) in [6, 6.07) is 10.8. The van der Waals surface area contributed by atoms with Crippen LogP contribution in [0.2, 0.25) is 0 Å². The van der Waals surface area contributed by atoms with E-state index in [1.54, 1.807) is 36.5 Å². The number of carbonyl (C=O) groups excluding carboxylic acids is 3. The molecule has 0 aliphatic carbocycles. The molecule has 0 saturated carbocycles. The van der Waals surface area contributed by atoms with Crippen LogP contribution < -0.4 is 36.5 Å². The van der Waals surface area contributed by atoms with Gasteiger partial charge < -0.3 is 41.4 Å². The van der Waals surface area contributed by atoms with E-state index in [4.69, 9.17) is 15.2 Å². The van der Waals surface area contributed by atoms with E-state index in [0.717, 1.165) is 61.3 Å². The molecule has 2 saturated heterocycles. The van der Waals surface area contributed by atoms with Crippen molar-refractivity contribution >= 4 is 29.0 Å². The van der Waals surface area contributed by atoms with Crippen molar-refractivity contribution in [1.82, 2.24) is 25.5 Å². The second kappa shape index (κ2) is 18.2. The molecule has 13 nitrogen and oxygen atoms in total. The number of nitrogens with one attached hydrogen (secondary N) is 4. The Kier molecular flexibility index (Phi) is 13.1. The summed E-state index contributed by atoms with van der Waals surface area (Å²) < 4.78 is 64.5. The molecule has 2 fully saturated rings. The smallest absolute Gasteiger partial charge is 0.317 e. The molecule has 0 unspecified atom stereocenters. The lowest BCUT2D eigenvalue weighted by Gasteiger charge is -2.45. The van der Waals surface area contributed by atoms with E-state index >= 15 is 0 Å². The van der Waals surface area contributed by atoms with Crippen molar-refractivity contribution in [2.75, 3.05) is 51.0 Å². The Labute approximate surface area is 333 Å². The number of ether oxygens (including phenoxy) is 2. The van der Waals surface area contributed by atoms with Crippen molar-refractivity contribution in [3.8, 4) is 11.8 Å². The number of pyridine rings is 2. The van der Waals surface area contributed by atoms with Crippen LogP contribution in [0.15, 0.2) is 60.9 Å². The Morgan fingerprint density at radius 3 is 1.74 bits per heavy atom. The van der Waals surface area contributed by atoms with Crippen LogP contribution >= 0.6 is 0 Å². The highest BCUT2D eigenvalue weighted by Crippen LogP contribution is 2.40. The Morgan fingerprint density at radius 2 is 1.24 bits per heavy atom. The van der Waals surface area contributed by atoms with Gasteiger partial charge in [-0.05, 0) is 74.2 Å². The molecule has 4 aliphatic rings. The second-order valence-electron chi connectivity index (χ2n) is 14.6. The van der Waals surface area contributed by atoms with Crippen LogP contribution in [0.3, 0.4) is 0 Å². The summed E-state index contributed by atoms with van der Waals surface area (Å²) in [7, 11) is 3.11. The molecule has 2 spiro atoms. The van der Waals surface area contributed by atoms with Crippen LogP contribution in [0.5, 0.6) is 11.8 Å². The number of amides is 2. The fraction of sp³-hybridized carbons (Fsp3) is 0.390. The Morgan fingerprint density at radius 1 is 0.759 bits per heavy atom. The fourth-order valence-electron chi connectivity index (χ4n) is 7.56. The van der Waals surface area contributed by atoms with Crippen molar-refractivity contribution in [3.05, 3.63) is 106 Å². The first kappa shape index (κ1) is 41.8. The molecule has 6 N–H and O–H groups in total. The molecular weight excluding hydrogens is 760 g/mol. The summed E-state index contributed by atoms with van der Waals surface area (Å²) >= 11 is 0. The van der Waals surface area contributed by atoms with E-state index in [1.807, 2.05) is 12.1 Å². The van der Waals surface area contributed by atoms with Gasteiger partial charge in [-0.15, -0.1) is 0 Å². The summed E-state index contributed by atoms with van der Waals surface area (Å²) in [5, 5.41) is 12.3. The van der Waals surface area contributed by atoms with Crippen LogP contribution in [0.4, 0.5) is 33.7 Å². The number of likely N-dealkylation sites (tertiary alicyclic amines) is 1. The van der Waals surface area contributed by atoms with Gasteiger partial charge in [0.05, 0.1) is 25.6 Å². The number of nitrogens with two attached hydrogens (primary N) is 1. The van der Waals surface area contributed by atoms with Crippen molar-refractivity contribution in [2.24, 2.45) is 5.73 Å². The molecule has 2 aromatic heterocycles. The number of piperidine rings is 2. The minimum Gasteiger partial charge on any atom is -0.481 e. The first-order valence-electron chi connectivity index (χ1n) is 18.9. The highest BCUT2D eigenvalue weighted by molar-refractivity contribution is 6.05. The van der Waals surface area contributed by atoms with Crippen molar-refractivity contribution in [3.63, 3.8) is 0 Å². The van der Waals surface area contributed by atoms with Crippen LogP contribution in [-0.4, -0.2) is 83.9 Å². The van der Waals surface area contributed by atoms with Crippen molar-refractivity contribution in [2.45, 2.75) is 62.7 Å². The number of hydrogen-bond donors (Lipinski definition) is 5. The van der Waals surface area contributed by atoms with Gasteiger partial charge in [-0.3, -0.25) is 9.59 Å². The summed E-state index contributed by atoms with van der Waals surface area (Å²) in [6.07, 6.45) is 6.28. The molecule has 0 radical (unpaired) electrons. The number of rotatable bonds is 5. The van der Waals surface area contributed by atoms with E-state index < -0.39 is 28.8 Å². The molecule has 308 valence electrons. The second-order valence-corrected chi connectivity index (χ2v) is 14.6. The van der Waals surface area contributed by atoms with Gasteiger partial charge >= 0.3 is 6.03 Å². The molecule has 0 bridgehead atoms. The number of nitrogens with zero attached hydrogens (tertiary/aromatic N) is 3. The van der Waals surface area contributed by atoms with E-state index in [1.165, 1.54) is 7.11 Å². The number of hydrogen-bond acceptors (Lipinski definition) is 11. The lowest BCUT2D eigenvalue weighted by molar-refractivity contribution is 0.0910. The maximum atomic E-state index is 14.2. The zero-order valence-electron chi connectivity index (χ0n) is 32.2. The van der Waals surface area contributed by atoms with Gasteiger partial charge in [0, 0.05) is 97.9 Å². The van der Waals surface area contributed by atoms with Gasteiger partial charge in [-0.2, -0.15) is 0 Å². The molecule has 4 aliphatic heterocycles. The minimum absolute atomic E-state index is 0.0473. The zero-order chi connectivity index (χ0) is 41.5. The van der Waals surface area contributed by atoms with Crippen LogP contribution in [0.1, 0.15) is 70.4 Å². The van der Waals surface area contributed by atoms with E-state index in [9.17, 15) is 31.9 Å². The third kappa shape index (κ3) is 9.82. The Bertz CT molecular complexity index is 2120. The molecule has 8 rings (SSSR count). The number of anilines is 2. The highest BCUT2D eigenvalue weighted by atomic mass is 19.1. The summed E-state index contributed by atoms with van der Waals surface area (Å²) in [5.74, 6) is -2.31. The Balaban J connectivity index is 0.000000170. The molecule has 58 heavy (non-hydrogen) atoms. The van der Waals surface area contributed by atoms with Crippen molar-refractivity contribution in [1.29, 1.82) is 0 Å². The monoisotopic (exact) mass is 806 g/mol. The number of carbonyl (C=O) groups is 3. The molecule has 2 amide bonds.